The summed E-state index contributed by atoms with van der Waals surface area (Å²) in [4.78, 5) is 10.9. The van der Waals surface area contributed by atoms with Crippen molar-refractivity contribution in [2.45, 2.75) is 65.0 Å². The van der Waals surface area contributed by atoms with Crippen LogP contribution in [0.15, 0.2) is 5.38 Å². The van der Waals surface area contributed by atoms with Crippen LogP contribution in [0.25, 0.3) is 0 Å². The number of thiazole rings is 2. The highest BCUT2D eigenvalue weighted by Gasteiger charge is 2.30. The van der Waals surface area contributed by atoms with Crippen LogP contribution >= 0.6 is 22.7 Å². The Labute approximate surface area is 134 Å². The highest BCUT2D eigenvalue weighted by Crippen LogP contribution is 2.43. The molecule has 5 heteroatoms. The van der Waals surface area contributed by atoms with E-state index >= 15 is 0 Å². The van der Waals surface area contributed by atoms with Gasteiger partial charge in [0.05, 0.1) is 21.4 Å². The van der Waals surface area contributed by atoms with Gasteiger partial charge < -0.3 is 5.32 Å². The smallest absolute Gasteiger partial charge is 0.0991 e. The molecule has 1 aliphatic rings. The number of hydrogen-bond acceptors (Lipinski definition) is 5. The van der Waals surface area contributed by atoms with E-state index in [0.717, 1.165) is 23.7 Å². The lowest BCUT2D eigenvalue weighted by Gasteiger charge is -2.20. The summed E-state index contributed by atoms with van der Waals surface area (Å²) in [6.45, 7) is 9.63. The van der Waals surface area contributed by atoms with Gasteiger partial charge in [-0.15, -0.1) is 22.7 Å². The molecule has 0 aliphatic heterocycles. The number of rotatable bonds is 5. The molecule has 2 heterocycles. The van der Waals surface area contributed by atoms with Crippen LogP contribution < -0.4 is 5.32 Å². The van der Waals surface area contributed by atoms with Crippen molar-refractivity contribution >= 4 is 22.7 Å². The summed E-state index contributed by atoms with van der Waals surface area (Å²) in [6, 6.07) is 0. The molecular weight excluding hydrogens is 298 g/mol. The lowest BCUT2D eigenvalue weighted by atomic mass is 10.1. The Morgan fingerprint density at radius 1 is 1.29 bits per heavy atom. The lowest BCUT2D eigenvalue weighted by Crippen LogP contribution is -2.35. The van der Waals surface area contributed by atoms with Crippen molar-refractivity contribution in [2.24, 2.45) is 0 Å². The normalized spacial score (nSPS) is 15.6. The standard InChI is InChI=1S/C16H23N3S2/c1-10-18-12(9-20-10)7-14-19-15(11-5-6-11)13(21-14)8-17-16(2,3)4/h9,11,17H,5-8H2,1-4H3. The van der Waals surface area contributed by atoms with E-state index in [2.05, 4.69) is 43.4 Å². The summed E-state index contributed by atoms with van der Waals surface area (Å²) < 4.78 is 0. The van der Waals surface area contributed by atoms with Crippen molar-refractivity contribution in [2.75, 3.05) is 0 Å². The molecule has 0 unspecified atom stereocenters. The Hall–Kier alpha value is -0.780. The Kier molecular flexibility index (Phi) is 4.17. The van der Waals surface area contributed by atoms with E-state index in [9.17, 15) is 0 Å². The van der Waals surface area contributed by atoms with Crippen LogP contribution in [0, 0.1) is 6.92 Å². The van der Waals surface area contributed by atoms with Gasteiger partial charge in [-0.2, -0.15) is 0 Å². The molecule has 3 rings (SSSR count). The minimum atomic E-state index is 0.150. The number of hydrogen-bond donors (Lipinski definition) is 1. The fourth-order valence-electron chi connectivity index (χ4n) is 2.28. The minimum Gasteiger partial charge on any atom is -0.307 e. The molecule has 2 aromatic rings. The molecule has 3 nitrogen and oxygen atoms in total. The Bertz CT molecular complexity index is 618. The van der Waals surface area contributed by atoms with Gasteiger partial charge >= 0.3 is 0 Å². The third-order valence-corrected chi connectivity index (χ3v) is 5.41. The van der Waals surface area contributed by atoms with Gasteiger partial charge in [-0.25, -0.2) is 9.97 Å². The Morgan fingerprint density at radius 2 is 2.05 bits per heavy atom. The molecular formula is C16H23N3S2. The lowest BCUT2D eigenvalue weighted by molar-refractivity contribution is 0.425. The highest BCUT2D eigenvalue weighted by molar-refractivity contribution is 7.11. The first-order valence-electron chi connectivity index (χ1n) is 7.55. The zero-order valence-corrected chi connectivity index (χ0v) is 14.8. The van der Waals surface area contributed by atoms with Crippen LogP contribution in [0.2, 0.25) is 0 Å². The maximum absolute atomic E-state index is 4.92. The number of aryl methyl sites for hydroxylation is 1. The van der Waals surface area contributed by atoms with Gasteiger partial charge in [0.1, 0.15) is 0 Å². The fourth-order valence-corrected chi connectivity index (χ4v) is 4.00. The fraction of sp³-hybridized carbons (Fsp3) is 0.625. The number of aromatic nitrogens is 2. The van der Waals surface area contributed by atoms with E-state index in [0.29, 0.717) is 5.92 Å². The summed E-state index contributed by atoms with van der Waals surface area (Å²) in [5.41, 5.74) is 2.65. The van der Waals surface area contributed by atoms with Crippen LogP contribution in [-0.2, 0) is 13.0 Å². The van der Waals surface area contributed by atoms with Crippen LogP contribution in [0.5, 0.6) is 0 Å². The van der Waals surface area contributed by atoms with Gasteiger partial charge in [0.15, 0.2) is 0 Å². The van der Waals surface area contributed by atoms with Gasteiger partial charge in [0.25, 0.3) is 0 Å². The average Bonchev–Trinajstić information content (AvgIpc) is 3.04. The largest absolute Gasteiger partial charge is 0.307 e. The van der Waals surface area contributed by atoms with Crippen molar-refractivity contribution < 1.29 is 0 Å². The Morgan fingerprint density at radius 3 is 2.62 bits per heavy atom. The zero-order chi connectivity index (χ0) is 15.0. The first kappa shape index (κ1) is 15.1. The van der Waals surface area contributed by atoms with E-state index in [4.69, 9.17) is 4.98 Å². The van der Waals surface area contributed by atoms with Gasteiger partial charge in [-0.05, 0) is 40.5 Å². The van der Waals surface area contributed by atoms with E-state index in [1.165, 1.54) is 28.4 Å². The summed E-state index contributed by atoms with van der Waals surface area (Å²) >= 11 is 3.58. The number of nitrogens with zero attached hydrogens (tertiary/aromatic N) is 2. The van der Waals surface area contributed by atoms with Crippen molar-refractivity contribution in [1.82, 2.24) is 15.3 Å². The molecule has 0 aromatic carbocycles. The molecule has 21 heavy (non-hydrogen) atoms. The second kappa shape index (κ2) is 5.78. The van der Waals surface area contributed by atoms with Crippen LogP contribution in [0.4, 0.5) is 0 Å². The monoisotopic (exact) mass is 321 g/mol. The molecule has 0 atom stereocenters. The predicted molar refractivity (Wildman–Crippen MR) is 90.3 cm³/mol. The van der Waals surface area contributed by atoms with E-state index < -0.39 is 0 Å². The van der Waals surface area contributed by atoms with Gasteiger partial charge in [-0.3, -0.25) is 0 Å². The molecule has 0 amide bonds. The van der Waals surface area contributed by atoms with E-state index in [-0.39, 0.29) is 5.54 Å². The zero-order valence-electron chi connectivity index (χ0n) is 13.2. The first-order valence-corrected chi connectivity index (χ1v) is 9.25. The van der Waals surface area contributed by atoms with Crippen molar-refractivity contribution in [3.8, 4) is 0 Å². The molecule has 0 spiro atoms. The SMILES string of the molecule is Cc1nc(Cc2nc(C3CC3)c(CNC(C)(C)C)s2)cs1. The highest BCUT2D eigenvalue weighted by atomic mass is 32.1. The van der Waals surface area contributed by atoms with Crippen molar-refractivity contribution in [3.05, 3.63) is 31.7 Å². The Balaban J connectivity index is 1.76. The minimum absolute atomic E-state index is 0.150. The maximum Gasteiger partial charge on any atom is 0.0991 e. The molecule has 114 valence electrons. The third kappa shape index (κ3) is 4.11. The molecule has 0 saturated heterocycles. The molecule has 1 N–H and O–H groups in total. The molecule has 0 bridgehead atoms. The van der Waals surface area contributed by atoms with Crippen LogP contribution in [0.3, 0.4) is 0 Å². The van der Waals surface area contributed by atoms with Crippen molar-refractivity contribution in [3.63, 3.8) is 0 Å². The second-order valence-corrected chi connectivity index (χ2v) is 9.06. The van der Waals surface area contributed by atoms with E-state index in [1.54, 1.807) is 11.3 Å². The summed E-state index contributed by atoms with van der Waals surface area (Å²) in [6.07, 6.45) is 3.49. The van der Waals surface area contributed by atoms with E-state index in [1.807, 2.05) is 11.3 Å². The average molecular weight is 322 g/mol. The molecule has 1 saturated carbocycles. The van der Waals surface area contributed by atoms with Gasteiger partial charge in [-0.1, -0.05) is 0 Å². The maximum atomic E-state index is 4.92. The predicted octanol–water partition coefficient (Wildman–Crippen LogP) is 4.26. The van der Waals surface area contributed by atoms with Gasteiger partial charge in [0, 0.05) is 34.7 Å². The second-order valence-electron chi connectivity index (χ2n) is 6.83. The molecule has 1 aliphatic carbocycles. The first-order chi connectivity index (χ1) is 9.90. The summed E-state index contributed by atoms with van der Waals surface area (Å²) in [5, 5.41) is 8.11. The molecule has 1 fully saturated rings. The van der Waals surface area contributed by atoms with Crippen molar-refractivity contribution in [1.29, 1.82) is 0 Å². The van der Waals surface area contributed by atoms with Gasteiger partial charge in [0.2, 0.25) is 0 Å². The van der Waals surface area contributed by atoms with Crippen LogP contribution in [0.1, 0.15) is 65.8 Å². The third-order valence-electron chi connectivity index (χ3n) is 3.51. The topological polar surface area (TPSA) is 37.8 Å². The van der Waals surface area contributed by atoms with Crippen LogP contribution in [-0.4, -0.2) is 15.5 Å². The number of nitrogens with one attached hydrogen (secondary N) is 1. The quantitative estimate of drug-likeness (QED) is 0.894. The molecule has 2 aromatic heterocycles. The summed E-state index contributed by atoms with van der Waals surface area (Å²) in [5.74, 6) is 0.712. The summed E-state index contributed by atoms with van der Waals surface area (Å²) in [7, 11) is 0. The molecule has 0 radical (unpaired) electrons.